The summed E-state index contributed by atoms with van der Waals surface area (Å²) in [5, 5.41) is 2.53. The number of halogens is 3. The van der Waals surface area contributed by atoms with Gasteiger partial charge in [-0.05, 0) is 42.8 Å². The summed E-state index contributed by atoms with van der Waals surface area (Å²) >= 11 is 9.12. The van der Waals surface area contributed by atoms with E-state index in [4.69, 9.17) is 16.3 Å². The van der Waals surface area contributed by atoms with E-state index in [-0.39, 0.29) is 10.6 Å². The number of amides is 1. The Hall–Kier alpha value is -1.92. The van der Waals surface area contributed by atoms with Crippen LogP contribution in [0.25, 0.3) is 0 Å². The van der Waals surface area contributed by atoms with Crippen LogP contribution in [-0.4, -0.2) is 18.5 Å². The number of carbonyl (C=O) groups is 2. The van der Waals surface area contributed by atoms with Gasteiger partial charge >= 0.3 is 5.97 Å². The standard InChI is InChI=1S/C16H12BrClFNO3/c1-9-2-4-11(7-13(9)17)20-15(21)8-23-16(22)12-5-3-10(19)6-14(12)18/h2-7H,8H2,1H3,(H,20,21). The molecule has 2 aromatic rings. The van der Waals surface area contributed by atoms with Crippen molar-refractivity contribution in [2.45, 2.75) is 6.92 Å². The lowest BCUT2D eigenvalue weighted by Gasteiger charge is -2.08. The summed E-state index contributed by atoms with van der Waals surface area (Å²) in [7, 11) is 0. The highest BCUT2D eigenvalue weighted by molar-refractivity contribution is 9.10. The molecule has 0 heterocycles. The van der Waals surface area contributed by atoms with Crippen molar-refractivity contribution in [3.05, 3.63) is 62.8 Å². The summed E-state index contributed by atoms with van der Waals surface area (Å²) in [5.41, 5.74) is 1.60. The maximum absolute atomic E-state index is 12.9. The Balaban J connectivity index is 1.93. The van der Waals surface area contributed by atoms with Crippen LogP contribution in [-0.2, 0) is 9.53 Å². The molecule has 2 aromatic carbocycles. The van der Waals surface area contributed by atoms with E-state index in [0.717, 1.165) is 22.2 Å². The van der Waals surface area contributed by atoms with Gasteiger partial charge in [-0.25, -0.2) is 9.18 Å². The van der Waals surface area contributed by atoms with Gasteiger partial charge in [-0.15, -0.1) is 0 Å². The number of carbonyl (C=O) groups excluding carboxylic acids is 2. The zero-order valence-corrected chi connectivity index (χ0v) is 14.4. The van der Waals surface area contributed by atoms with E-state index < -0.39 is 24.3 Å². The van der Waals surface area contributed by atoms with Crippen molar-refractivity contribution in [1.82, 2.24) is 0 Å². The molecule has 0 saturated heterocycles. The predicted molar refractivity (Wildman–Crippen MR) is 89.2 cm³/mol. The first-order chi connectivity index (χ1) is 10.9. The van der Waals surface area contributed by atoms with Gasteiger partial charge < -0.3 is 10.1 Å². The van der Waals surface area contributed by atoms with E-state index in [0.29, 0.717) is 5.69 Å². The monoisotopic (exact) mass is 399 g/mol. The molecule has 1 N–H and O–H groups in total. The van der Waals surface area contributed by atoms with E-state index in [9.17, 15) is 14.0 Å². The fraction of sp³-hybridized carbons (Fsp3) is 0.125. The summed E-state index contributed by atoms with van der Waals surface area (Å²) < 4.78 is 18.6. The van der Waals surface area contributed by atoms with Crippen molar-refractivity contribution < 1.29 is 18.7 Å². The smallest absolute Gasteiger partial charge is 0.340 e. The number of hydrogen-bond acceptors (Lipinski definition) is 3. The van der Waals surface area contributed by atoms with Crippen molar-refractivity contribution in [2.75, 3.05) is 11.9 Å². The van der Waals surface area contributed by atoms with Crippen LogP contribution in [0.5, 0.6) is 0 Å². The fourth-order valence-electron chi connectivity index (χ4n) is 1.73. The number of benzene rings is 2. The summed E-state index contributed by atoms with van der Waals surface area (Å²) in [6.07, 6.45) is 0. The van der Waals surface area contributed by atoms with Crippen LogP contribution in [0.4, 0.5) is 10.1 Å². The minimum atomic E-state index is -0.796. The van der Waals surface area contributed by atoms with E-state index in [1.54, 1.807) is 12.1 Å². The van der Waals surface area contributed by atoms with Crippen molar-refractivity contribution in [2.24, 2.45) is 0 Å². The Morgan fingerprint density at radius 3 is 2.65 bits per heavy atom. The van der Waals surface area contributed by atoms with Gasteiger partial charge in [0.1, 0.15) is 5.82 Å². The quantitative estimate of drug-likeness (QED) is 0.777. The van der Waals surface area contributed by atoms with E-state index >= 15 is 0 Å². The van der Waals surface area contributed by atoms with E-state index in [1.807, 2.05) is 13.0 Å². The van der Waals surface area contributed by atoms with Crippen molar-refractivity contribution >= 4 is 45.1 Å². The molecule has 7 heteroatoms. The third kappa shape index (κ3) is 4.77. The van der Waals surface area contributed by atoms with Gasteiger partial charge in [0, 0.05) is 10.2 Å². The van der Waals surface area contributed by atoms with Gasteiger partial charge in [0.2, 0.25) is 0 Å². The lowest BCUT2D eigenvalue weighted by atomic mass is 10.2. The molecule has 1 amide bonds. The average Bonchev–Trinajstić information content (AvgIpc) is 2.48. The zero-order valence-electron chi connectivity index (χ0n) is 12.0. The van der Waals surface area contributed by atoms with Gasteiger partial charge in [0.25, 0.3) is 5.91 Å². The third-order valence-electron chi connectivity index (χ3n) is 2.94. The zero-order chi connectivity index (χ0) is 17.0. The molecular weight excluding hydrogens is 389 g/mol. The Morgan fingerprint density at radius 1 is 1.26 bits per heavy atom. The number of aryl methyl sites for hydroxylation is 1. The second kappa shape index (κ2) is 7.57. The molecule has 0 aromatic heterocycles. The second-order valence-electron chi connectivity index (χ2n) is 4.71. The molecule has 23 heavy (non-hydrogen) atoms. The Morgan fingerprint density at radius 2 is 2.00 bits per heavy atom. The van der Waals surface area contributed by atoms with Gasteiger partial charge in [-0.2, -0.15) is 0 Å². The highest BCUT2D eigenvalue weighted by Crippen LogP contribution is 2.21. The van der Waals surface area contributed by atoms with Crippen LogP contribution < -0.4 is 5.32 Å². The summed E-state index contributed by atoms with van der Waals surface area (Å²) in [6.45, 7) is 1.45. The van der Waals surface area contributed by atoms with E-state index in [2.05, 4.69) is 21.2 Å². The number of rotatable bonds is 4. The molecule has 2 rings (SSSR count). The third-order valence-corrected chi connectivity index (χ3v) is 4.11. The van der Waals surface area contributed by atoms with Gasteiger partial charge in [0.15, 0.2) is 6.61 Å². The van der Waals surface area contributed by atoms with Gasteiger partial charge in [-0.3, -0.25) is 4.79 Å². The molecular formula is C16H12BrClFNO3. The van der Waals surface area contributed by atoms with Crippen molar-refractivity contribution in [3.63, 3.8) is 0 Å². The van der Waals surface area contributed by atoms with Crippen LogP contribution >= 0.6 is 27.5 Å². The highest BCUT2D eigenvalue weighted by atomic mass is 79.9. The van der Waals surface area contributed by atoms with Crippen molar-refractivity contribution in [1.29, 1.82) is 0 Å². The first-order valence-electron chi connectivity index (χ1n) is 6.55. The maximum Gasteiger partial charge on any atom is 0.340 e. The molecule has 0 aliphatic carbocycles. The highest BCUT2D eigenvalue weighted by Gasteiger charge is 2.14. The fourth-order valence-corrected chi connectivity index (χ4v) is 2.35. The molecule has 0 unspecified atom stereocenters. The predicted octanol–water partition coefficient (Wildman–Crippen LogP) is 4.35. The number of hydrogen-bond donors (Lipinski definition) is 1. The Bertz CT molecular complexity index is 767. The normalized spacial score (nSPS) is 10.3. The Kier molecular flexibility index (Phi) is 5.74. The molecule has 0 radical (unpaired) electrons. The van der Waals surface area contributed by atoms with Gasteiger partial charge in [0.05, 0.1) is 10.6 Å². The largest absolute Gasteiger partial charge is 0.452 e. The summed E-state index contributed by atoms with van der Waals surface area (Å²) in [6, 6.07) is 8.61. The molecule has 120 valence electrons. The number of nitrogens with one attached hydrogen (secondary N) is 1. The lowest BCUT2D eigenvalue weighted by molar-refractivity contribution is -0.119. The minimum Gasteiger partial charge on any atom is -0.452 e. The maximum atomic E-state index is 12.9. The first-order valence-corrected chi connectivity index (χ1v) is 7.72. The molecule has 0 fully saturated rings. The van der Waals surface area contributed by atoms with Crippen LogP contribution in [0.1, 0.15) is 15.9 Å². The number of esters is 1. The van der Waals surface area contributed by atoms with Crippen LogP contribution in [0.2, 0.25) is 5.02 Å². The molecule has 0 aliphatic heterocycles. The number of ether oxygens (including phenoxy) is 1. The molecule has 0 saturated carbocycles. The minimum absolute atomic E-state index is 0.000975. The van der Waals surface area contributed by atoms with Crippen molar-refractivity contribution in [3.8, 4) is 0 Å². The molecule has 0 aliphatic rings. The van der Waals surface area contributed by atoms with E-state index in [1.165, 1.54) is 6.07 Å². The second-order valence-corrected chi connectivity index (χ2v) is 5.97. The molecule has 0 bridgehead atoms. The molecule has 0 atom stereocenters. The van der Waals surface area contributed by atoms with Gasteiger partial charge in [-0.1, -0.05) is 33.6 Å². The molecule has 4 nitrogen and oxygen atoms in total. The van der Waals surface area contributed by atoms with Crippen LogP contribution in [0, 0.1) is 12.7 Å². The molecule has 0 spiro atoms. The summed E-state index contributed by atoms with van der Waals surface area (Å²) in [5.74, 6) is -1.85. The first kappa shape index (κ1) is 17.4. The van der Waals surface area contributed by atoms with Crippen LogP contribution in [0.15, 0.2) is 40.9 Å². The lowest BCUT2D eigenvalue weighted by Crippen LogP contribution is -2.21. The number of anilines is 1. The van der Waals surface area contributed by atoms with Crippen LogP contribution in [0.3, 0.4) is 0 Å². The summed E-state index contributed by atoms with van der Waals surface area (Å²) in [4.78, 5) is 23.6. The SMILES string of the molecule is Cc1ccc(NC(=O)COC(=O)c2ccc(F)cc2Cl)cc1Br. The Labute approximate surface area is 145 Å². The topological polar surface area (TPSA) is 55.4 Å². The average molecular weight is 401 g/mol.